The van der Waals surface area contributed by atoms with E-state index in [1.54, 1.807) is 37.4 Å². The topological polar surface area (TPSA) is 130 Å². The number of H-pyrrole nitrogens is 2. The summed E-state index contributed by atoms with van der Waals surface area (Å²) in [5.74, 6) is 0.0850. The Labute approximate surface area is 205 Å². The number of imidazole rings is 1. The molecule has 0 spiro atoms. The van der Waals surface area contributed by atoms with Crippen LogP contribution in [-0.2, 0) is 6.18 Å². The van der Waals surface area contributed by atoms with Crippen LogP contribution in [0.4, 0.5) is 19.0 Å². The van der Waals surface area contributed by atoms with Crippen LogP contribution in [0.5, 0.6) is 0 Å². The van der Waals surface area contributed by atoms with Crippen LogP contribution in [0, 0.1) is 6.92 Å². The second-order valence-corrected chi connectivity index (χ2v) is 8.07. The van der Waals surface area contributed by atoms with Crippen LogP contribution in [0.2, 0.25) is 5.02 Å². The smallest absolute Gasteiger partial charge is 0.341 e. The van der Waals surface area contributed by atoms with Crippen molar-refractivity contribution >= 4 is 23.3 Å². The quantitative estimate of drug-likeness (QED) is 0.313. The summed E-state index contributed by atoms with van der Waals surface area (Å²) in [4.78, 5) is 20.0. The molecule has 5 aromatic rings. The fraction of sp³-hybridized carbons (Fsp3) is 0.0909. The van der Waals surface area contributed by atoms with Crippen molar-refractivity contribution in [2.75, 3.05) is 5.32 Å². The Morgan fingerprint density at radius 3 is 2.72 bits per heavy atom. The van der Waals surface area contributed by atoms with E-state index in [-0.39, 0.29) is 22.9 Å². The largest absolute Gasteiger partial charge is 0.416 e. The van der Waals surface area contributed by atoms with Gasteiger partial charge in [0.05, 0.1) is 16.8 Å². The lowest BCUT2D eigenvalue weighted by Crippen LogP contribution is -2.14. The SMILES string of the molecule is Cc1[nH]c(-c2cccc(C(F)(F)F)c2)nc1C(=O)Nc1ccn(-c2ccc(Cl)cc2-c2nn[nH]n2)n1. The van der Waals surface area contributed by atoms with Gasteiger partial charge in [0.2, 0.25) is 5.82 Å². The van der Waals surface area contributed by atoms with Gasteiger partial charge in [-0.15, -0.1) is 10.2 Å². The maximum Gasteiger partial charge on any atom is 0.416 e. The lowest BCUT2D eigenvalue weighted by atomic mass is 10.1. The van der Waals surface area contributed by atoms with Crippen LogP contribution >= 0.6 is 11.6 Å². The van der Waals surface area contributed by atoms with Crippen LogP contribution in [-0.4, -0.2) is 46.3 Å². The summed E-state index contributed by atoms with van der Waals surface area (Å²) in [5.41, 5.74) is 0.948. The molecule has 0 aliphatic rings. The van der Waals surface area contributed by atoms with E-state index in [0.29, 0.717) is 27.8 Å². The highest BCUT2D eigenvalue weighted by Gasteiger charge is 2.30. The highest BCUT2D eigenvalue weighted by atomic mass is 35.5. The highest BCUT2D eigenvalue weighted by molar-refractivity contribution is 6.31. The van der Waals surface area contributed by atoms with E-state index in [9.17, 15) is 18.0 Å². The Morgan fingerprint density at radius 2 is 1.97 bits per heavy atom. The second kappa shape index (κ2) is 8.92. The zero-order valence-corrected chi connectivity index (χ0v) is 19.1. The minimum Gasteiger partial charge on any atom is -0.341 e. The summed E-state index contributed by atoms with van der Waals surface area (Å²) < 4.78 is 40.7. The maximum atomic E-state index is 13.1. The molecule has 2 aromatic carbocycles. The summed E-state index contributed by atoms with van der Waals surface area (Å²) in [5, 5.41) is 21.4. The number of hydrogen-bond donors (Lipinski definition) is 3. The minimum atomic E-state index is -4.50. The van der Waals surface area contributed by atoms with Gasteiger partial charge in [0.1, 0.15) is 11.5 Å². The van der Waals surface area contributed by atoms with Crippen molar-refractivity contribution in [1.29, 1.82) is 0 Å². The lowest BCUT2D eigenvalue weighted by molar-refractivity contribution is -0.137. The number of halogens is 4. The normalized spacial score (nSPS) is 11.6. The zero-order valence-electron chi connectivity index (χ0n) is 18.3. The van der Waals surface area contributed by atoms with Crippen molar-refractivity contribution in [2.24, 2.45) is 0 Å². The van der Waals surface area contributed by atoms with Gasteiger partial charge in [0.15, 0.2) is 5.82 Å². The van der Waals surface area contributed by atoms with Gasteiger partial charge in [0.25, 0.3) is 5.91 Å². The lowest BCUT2D eigenvalue weighted by Gasteiger charge is -2.07. The Morgan fingerprint density at radius 1 is 1.14 bits per heavy atom. The highest BCUT2D eigenvalue weighted by Crippen LogP contribution is 2.32. The second-order valence-electron chi connectivity index (χ2n) is 7.63. The van der Waals surface area contributed by atoms with Crippen molar-refractivity contribution in [2.45, 2.75) is 13.1 Å². The summed E-state index contributed by atoms with van der Waals surface area (Å²) in [6.45, 7) is 1.60. The predicted octanol–water partition coefficient (Wildman–Crippen LogP) is 4.68. The van der Waals surface area contributed by atoms with Crippen LogP contribution < -0.4 is 5.32 Å². The van der Waals surface area contributed by atoms with Gasteiger partial charge < -0.3 is 10.3 Å². The molecule has 5 rings (SSSR count). The molecule has 0 aliphatic heterocycles. The maximum absolute atomic E-state index is 13.1. The molecular formula is C22H15ClF3N9O. The van der Waals surface area contributed by atoms with Crippen molar-refractivity contribution in [3.8, 4) is 28.5 Å². The van der Waals surface area contributed by atoms with Crippen LogP contribution in [0.15, 0.2) is 54.7 Å². The number of anilines is 1. The summed E-state index contributed by atoms with van der Waals surface area (Å²) in [6, 6.07) is 11.3. The van der Waals surface area contributed by atoms with Gasteiger partial charge in [-0.25, -0.2) is 9.67 Å². The van der Waals surface area contributed by atoms with Crippen molar-refractivity contribution in [3.05, 3.63) is 76.7 Å². The molecule has 1 amide bonds. The molecule has 3 heterocycles. The van der Waals surface area contributed by atoms with E-state index in [1.165, 1.54) is 16.8 Å². The number of rotatable bonds is 5. The van der Waals surface area contributed by atoms with Gasteiger partial charge in [-0.1, -0.05) is 23.7 Å². The first-order valence-corrected chi connectivity index (χ1v) is 10.7. The standard InChI is InChI=1S/C22H15ClF3N9O/c1-11-18(29-19(27-11)12-3-2-4-13(9-12)22(24,25)26)21(36)28-17-7-8-35(32-17)16-6-5-14(23)10-15(16)20-30-33-34-31-20/h2-10H,1H3,(H,27,29)(H,28,32,36)(H,30,31,33,34). The average molecular weight is 514 g/mol. The monoisotopic (exact) mass is 513 g/mol. The third kappa shape index (κ3) is 4.55. The van der Waals surface area contributed by atoms with Crippen LogP contribution in [0.25, 0.3) is 28.5 Å². The van der Waals surface area contributed by atoms with Crippen molar-refractivity contribution < 1.29 is 18.0 Å². The number of aromatic nitrogens is 8. The molecule has 36 heavy (non-hydrogen) atoms. The van der Waals surface area contributed by atoms with Crippen LogP contribution in [0.3, 0.4) is 0 Å². The molecule has 3 N–H and O–H groups in total. The third-order valence-corrected chi connectivity index (χ3v) is 5.42. The predicted molar refractivity (Wildman–Crippen MR) is 123 cm³/mol. The van der Waals surface area contributed by atoms with E-state index in [2.05, 4.69) is 41.0 Å². The van der Waals surface area contributed by atoms with Gasteiger partial charge in [-0.2, -0.15) is 23.5 Å². The number of alkyl halides is 3. The van der Waals surface area contributed by atoms with E-state index in [4.69, 9.17) is 11.6 Å². The average Bonchev–Trinajstić information content (AvgIpc) is 3.60. The van der Waals surface area contributed by atoms with Crippen molar-refractivity contribution in [3.63, 3.8) is 0 Å². The van der Waals surface area contributed by atoms with E-state index in [0.717, 1.165) is 12.1 Å². The Balaban J connectivity index is 1.39. The fourth-order valence-electron chi connectivity index (χ4n) is 3.52. The molecule has 0 aliphatic carbocycles. The first-order valence-electron chi connectivity index (χ1n) is 10.3. The van der Waals surface area contributed by atoms with Gasteiger partial charge in [-0.05, 0) is 42.5 Å². The summed E-state index contributed by atoms with van der Waals surface area (Å²) in [7, 11) is 0. The molecule has 0 fully saturated rings. The number of aromatic amines is 2. The molecule has 3 aromatic heterocycles. The fourth-order valence-corrected chi connectivity index (χ4v) is 3.70. The van der Waals surface area contributed by atoms with Gasteiger partial charge in [0, 0.05) is 28.5 Å². The number of aryl methyl sites for hydroxylation is 1. The molecule has 10 nitrogen and oxygen atoms in total. The molecule has 0 unspecified atom stereocenters. The van der Waals surface area contributed by atoms with Crippen LogP contribution in [0.1, 0.15) is 21.7 Å². The molecular weight excluding hydrogens is 499 g/mol. The molecule has 0 saturated carbocycles. The van der Waals surface area contributed by atoms with Gasteiger partial charge >= 0.3 is 6.18 Å². The number of carbonyl (C=O) groups excluding carboxylic acids is 1. The summed E-state index contributed by atoms with van der Waals surface area (Å²) >= 11 is 6.12. The zero-order chi connectivity index (χ0) is 25.4. The molecule has 0 bridgehead atoms. The number of carbonyl (C=O) groups is 1. The number of nitrogens with one attached hydrogen (secondary N) is 3. The van der Waals surface area contributed by atoms with Gasteiger partial charge in [-0.3, -0.25) is 4.79 Å². The molecule has 14 heteroatoms. The first-order chi connectivity index (χ1) is 17.2. The molecule has 0 radical (unpaired) electrons. The third-order valence-electron chi connectivity index (χ3n) is 5.19. The number of nitrogens with zero attached hydrogens (tertiary/aromatic N) is 6. The summed E-state index contributed by atoms with van der Waals surface area (Å²) in [6.07, 6.45) is -2.88. The number of tetrazole rings is 1. The number of hydrogen-bond acceptors (Lipinski definition) is 6. The number of benzene rings is 2. The Bertz CT molecular complexity index is 1560. The first kappa shape index (κ1) is 23.2. The molecule has 0 saturated heterocycles. The van der Waals surface area contributed by atoms with E-state index in [1.807, 2.05) is 0 Å². The number of amides is 1. The van der Waals surface area contributed by atoms with E-state index < -0.39 is 17.6 Å². The Hall–Kier alpha value is -4.52. The van der Waals surface area contributed by atoms with Crippen molar-refractivity contribution in [1.82, 2.24) is 40.4 Å². The van der Waals surface area contributed by atoms with E-state index >= 15 is 0 Å². The molecule has 0 atom stereocenters. The minimum absolute atomic E-state index is 0.0240. The molecule has 182 valence electrons. The Kier molecular flexibility index (Phi) is 5.76.